The number of aliphatic hydroxyl groups excluding tert-OH is 1. The Morgan fingerprint density at radius 3 is 1.41 bits per heavy atom. The van der Waals surface area contributed by atoms with E-state index in [1.54, 1.807) is 26.0 Å². The van der Waals surface area contributed by atoms with Crippen molar-refractivity contribution in [1.29, 1.82) is 0 Å². The third kappa shape index (κ3) is 6.60. The van der Waals surface area contributed by atoms with Gasteiger partial charge in [0.15, 0.2) is 14.7 Å². The predicted octanol–water partition coefficient (Wildman–Crippen LogP) is 3.81. The van der Waals surface area contributed by atoms with Crippen LogP contribution in [-0.2, 0) is 23.2 Å². The lowest BCUT2D eigenvalue weighted by molar-refractivity contribution is -0.138. The maximum atomic E-state index is 13.0. The molecule has 3 aromatic rings. The minimum atomic E-state index is -4.50. The van der Waals surface area contributed by atoms with Crippen molar-refractivity contribution >= 4 is 10.9 Å². The summed E-state index contributed by atoms with van der Waals surface area (Å²) in [6.07, 6.45) is -8.99. The van der Waals surface area contributed by atoms with E-state index < -0.39 is 34.4 Å². The fourth-order valence-electron chi connectivity index (χ4n) is 3.37. The summed E-state index contributed by atoms with van der Waals surface area (Å²) in [6, 6.07) is 12.9. The van der Waals surface area contributed by atoms with Crippen LogP contribution in [0.15, 0.2) is 75.4 Å². The third-order valence-corrected chi connectivity index (χ3v) is 7.04. The standard InChI is InChI=1S/C24H21F6O2S.HI/c1-15-13-21(14-16(2)22(15)32-12-11-31)33(19-7-3-17(4-8-19)23(25,26)27)20-9-5-18(6-10-20)24(28,29)30;/h3-10,13-14,31H,11-12H2,1-2H3;1H/q+1;/p-1. The molecule has 0 radical (unpaired) electrons. The number of rotatable bonds is 6. The number of aliphatic hydroxyl groups is 1. The van der Waals surface area contributed by atoms with Crippen molar-refractivity contribution in [1.82, 2.24) is 0 Å². The van der Waals surface area contributed by atoms with Gasteiger partial charge in [-0.05, 0) is 73.5 Å². The van der Waals surface area contributed by atoms with Crippen LogP contribution in [0.5, 0.6) is 5.75 Å². The van der Waals surface area contributed by atoms with E-state index in [9.17, 15) is 26.3 Å². The van der Waals surface area contributed by atoms with Crippen LogP contribution in [0.1, 0.15) is 22.3 Å². The van der Waals surface area contributed by atoms with Crippen LogP contribution < -0.4 is 28.7 Å². The quantitative estimate of drug-likeness (QED) is 0.260. The molecular weight excluding hydrogens is 593 g/mol. The van der Waals surface area contributed by atoms with Crippen LogP contribution in [0.2, 0.25) is 0 Å². The lowest BCUT2D eigenvalue weighted by Crippen LogP contribution is -3.00. The molecule has 0 spiro atoms. The molecule has 0 aliphatic rings. The van der Waals surface area contributed by atoms with E-state index >= 15 is 0 Å². The molecule has 0 amide bonds. The van der Waals surface area contributed by atoms with Crippen LogP contribution in [0, 0.1) is 13.8 Å². The lowest BCUT2D eigenvalue weighted by Gasteiger charge is -2.15. The lowest BCUT2D eigenvalue weighted by atomic mass is 10.1. The molecular formula is C24H21F6IO2S. The van der Waals surface area contributed by atoms with Gasteiger partial charge in [0, 0.05) is 12.1 Å². The van der Waals surface area contributed by atoms with E-state index in [-0.39, 0.29) is 37.2 Å². The molecule has 3 aromatic carbocycles. The molecule has 10 heteroatoms. The van der Waals surface area contributed by atoms with Crippen molar-refractivity contribution in [3.8, 4) is 5.75 Å². The molecule has 0 unspecified atom stereocenters. The molecule has 0 aliphatic heterocycles. The van der Waals surface area contributed by atoms with Gasteiger partial charge in [0.05, 0.1) is 28.6 Å². The molecule has 34 heavy (non-hydrogen) atoms. The SMILES string of the molecule is Cc1cc([S+](c2ccc(C(F)(F)F)cc2)c2ccc(C(F)(F)F)cc2)cc(C)c1OCCO.[I-]. The first-order chi connectivity index (χ1) is 15.4. The Labute approximate surface area is 213 Å². The van der Waals surface area contributed by atoms with Crippen LogP contribution >= 0.6 is 0 Å². The second-order valence-corrected chi connectivity index (χ2v) is 9.34. The van der Waals surface area contributed by atoms with Crippen molar-refractivity contribution in [3.63, 3.8) is 0 Å². The summed E-state index contributed by atoms with van der Waals surface area (Å²) in [4.78, 5) is 1.79. The van der Waals surface area contributed by atoms with Gasteiger partial charge in [-0.1, -0.05) is 0 Å². The zero-order chi connectivity index (χ0) is 24.4. The Hall–Kier alpha value is -1.92. The number of ether oxygens (including phenoxy) is 1. The van der Waals surface area contributed by atoms with Crippen molar-refractivity contribution in [2.24, 2.45) is 0 Å². The summed E-state index contributed by atoms with van der Waals surface area (Å²) in [5.74, 6) is 0.580. The monoisotopic (exact) mass is 614 g/mol. The maximum Gasteiger partial charge on any atom is 0.416 e. The second-order valence-electron chi connectivity index (χ2n) is 7.31. The zero-order valence-corrected chi connectivity index (χ0v) is 21.1. The van der Waals surface area contributed by atoms with E-state index in [2.05, 4.69) is 0 Å². The minimum absolute atomic E-state index is 0. The van der Waals surface area contributed by atoms with Gasteiger partial charge in [-0.25, -0.2) is 0 Å². The van der Waals surface area contributed by atoms with Gasteiger partial charge in [0.25, 0.3) is 0 Å². The molecule has 0 aromatic heterocycles. The topological polar surface area (TPSA) is 29.5 Å². The van der Waals surface area contributed by atoms with E-state index in [4.69, 9.17) is 9.84 Å². The van der Waals surface area contributed by atoms with Crippen molar-refractivity contribution < 1.29 is 60.2 Å². The first-order valence-electron chi connectivity index (χ1n) is 9.85. The Bertz CT molecular complexity index is 1020. The van der Waals surface area contributed by atoms with Crippen LogP contribution in [-0.4, -0.2) is 18.3 Å². The Kier molecular flexibility index (Phi) is 9.34. The number of aryl methyl sites for hydroxylation is 2. The minimum Gasteiger partial charge on any atom is -1.00 e. The molecule has 0 atom stereocenters. The maximum absolute atomic E-state index is 13.0. The number of alkyl halides is 6. The summed E-state index contributed by atoms with van der Waals surface area (Å²) in [7, 11) is -0.959. The van der Waals surface area contributed by atoms with Gasteiger partial charge in [-0.15, -0.1) is 0 Å². The number of hydrogen-bond acceptors (Lipinski definition) is 2. The Morgan fingerprint density at radius 1 is 0.706 bits per heavy atom. The van der Waals surface area contributed by atoms with Crippen LogP contribution in [0.4, 0.5) is 26.3 Å². The molecule has 184 valence electrons. The Balaban J connectivity index is 0.00000408. The average Bonchev–Trinajstić information content (AvgIpc) is 2.73. The van der Waals surface area contributed by atoms with Crippen molar-refractivity contribution in [2.45, 2.75) is 40.9 Å². The van der Waals surface area contributed by atoms with Crippen molar-refractivity contribution in [3.05, 3.63) is 82.9 Å². The summed E-state index contributed by atoms with van der Waals surface area (Å²) in [6.45, 7) is 3.53. The molecule has 0 saturated carbocycles. The third-order valence-electron chi connectivity index (χ3n) is 4.84. The fourth-order valence-corrected chi connectivity index (χ4v) is 5.59. The molecule has 0 saturated heterocycles. The number of halogens is 7. The first kappa shape index (κ1) is 28.3. The molecule has 3 rings (SSSR count). The van der Waals surface area contributed by atoms with Crippen molar-refractivity contribution in [2.75, 3.05) is 13.2 Å². The molecule has 2 nitrogen and oxygen atoms in total. The molecule has 0 fully saturated rings. The Morgan fingerprint density at radius 2 is 1.09 bits per heavy atom. The molecule has 0 heterocycles. The molecule has 0 bridgehead atoms. The fraction of sp³-hybridized carbons (Fsp3) is 0.250. The summed E-state index contributed by atoms with van der Waals surface area (Å²) in [5, 5.41) is 9.02. The second kappa shape index (κ2) is 11.2. The smallest absolute Gasteiger partial charge is 0.416 e. The van der Waals surface area contributed by atoms with Gasteiger partial charge in [0.1, 0.15) is 12.4 Å². The summed E-state index contributed by atoms with van der Waals surface area (Å²) in [5.41, 5.74) is -0.116. The van der Waals surface area contributed by atoms with Crippen LogP contribution in [0.25, 0.3) is 0 Å². The highest BCUT2D eigenvalue weighted by atomic mass is 127. The van der Waals surface area contributed by atoms with Gasteiger partial charge in [-0.2, -0.15) is 26.3 Å². The molecule has 1 N–H and O–H groups in total. The van der Waals surface area contributed by atoms with E-state index in [0.717, 1.165) is 40.3 Å². The van der Waals surface area contributed by atoms with Gasteiger partial charge >= 0.3 is 12.4 Å². The normalized spacial score (nSPS) is 11.9. The highest BCUT2D eigenvalue weighted by molar-refractivity contribution is 7.97. The number of hydrogen-bond donors (Lipinski definition) is 1. The largest absolute Gasteiger partial charge is 1.00 e. The number of benzene rings is 3. The summed E-state index contributed by atoms with van der Waals surface area (Å²) >= 11 is 0. The van der Waals surface area contributed by atoms with Crippen LogP contribution in [0.3, 0.4) is 0 Å². The predicted molar refractivity (Wildman–Crippen MR) is 114 cm³/mol. The highest BCUT2D eigenvalue weighted by Gasteiger charge is 2.35. The van der Waals surface area contributed by atoms with E-state index in [1.165, 1.54) is 24.3 Å². The van der Waals surface area contributed by atoms with Gasteiger partial charge in [0.2, 0.25) is 0 Å². The van der Waals surface area contributed by atoms with Gasteiger partial charge < -0.3 is 33.8 Å². The highest BCUT2D eigenvalue weighted by Crippen LogP contribution is 2.38. The van der Waals surface area contributed by atoms with E-state index in [0.29, 0.717) is 15.5 Å². The van der Waals surface area contributed by atoms with Gasteiger partial charge in [-0.3, -0.25) is 0 Å². The molecule has 0 aliphatic carbocycles. The summed E-state index contributed by atoms with van der Waals surface area (Å²) < 4.78 is 83.8. The first-order valence-corrected chi connectivity index (χ1v) is 11.1. The zero-order valence-electron chi connectivity index (χ0n) is 18.1. The van der Waals surface area contributed by atoms with E-state index in [1.807, 2.05) is 0 Å². The average molecular weight is 614 g/mol.